The highest BCUT2D eigenvalue weighted by atomic mass is 79.9. The summed E-state index contributed by atoms with van der Waals surface area (Å²) in [6.07, 6.45) is 6.36. The first-order chi connectivity index (χ1) is 10.2. The van der Waals surface area contributed by atoms with Gasteiger partial charge in [-0.15, -0.1) is 0 Å². The molecule has 4 rings (SSSR count). The molecule has 0 radical (unpaired) electrons. The number of amidine groups is 1. The van der Waals surface area contributed by atoms with Crippen molar-refractivity contribution in [3.8, 4) is 0 Å². The van der Waals surface area contributed by atoms with Crippen molar-refractivity contribution in [2.45, 2.75) is 13.0 Å². The summed E-state index contributed by atoms with van der Waals surface area (Å²) >= 11 is 3.58. The fourth-order valence-corrected chi connectivity index (χ4v) is 3.51. The van der Waals surface area contributed by atoms with Crippen LogP contribution in [0.2, 0.25) is 0 Å². The number of halogens is 1. The van der Waals surface area contributed by atoms with Crippen molar-refractivity contribution in [2.75, 3.05) is 0 Å². The van der Waals surface area contributed by atoms with E-state index in [0.29, 0.717) is 0 Å². The molecule has 0 spiro atoms. The molecule has 21 heavy (non-hydrogen) atoms. The lowest BCUT2D eigenvalue weighted by molar-refractivity contribution is 0.893. The summed E-state index contributed by atoms with van der Waals surface area (Å²) in [5, 5.41) is 4.38. The Morgan fingerprint density at radius 3 is 2.81 bits per heavy atom. The smallest absolute Gasteiger partial charge is 0.131 e. The van der Waals surface area contributed by atoms with E-state index in [1.54, 1.807) is 0 Å². The SMILES string of the molecule is CC1=NNC2=N[C@@H]3C=CC(Br)=CC3=C(c3ccccc3)[C@H]12. The van der Waals surface area contributed by atoms with Gasteiger partial charge in [-0.1, -0.05) is 52.3 Å². The lowest BCUT2D eigenvalue weighted by Gasteiger charge is -2.29. The van der Waals surface area contributed by atoms with Gasteiger partial charge in [-0.2, -0.15) is 5.10 Å². The molecule has 3 aliphatic rings. The molecule has 2 aliphatic heterocycles. The van der Waals surface area contributed by atoms with Gasteiger partial charge in [0.05, 0.1) is 17.7 Å². The van der Waals surface area contributed by atoms with E-state index < -0.39 is 0 Å². The van der Waals surface area contributed by atoms with Gasteiger partial charge in [0.25, 0.3) is 0 Å². The van der Waals surface area contributed by atoms with Crippen molar-refractivity contribution in [1.29, 1.82) is 0 Å². The van der Waals surface area contributed by atoms with Gasteiger partial charge >= 0.3 is 0 Å². The molecule has 0 bridgehead atoms. The van der Waals surface area contributed by atoms with E-state index in [4.69, 9.17) is 4.99 Å². The van der Waals surface area contributed by atoms with Crippen LogP contribution >= 0.6 is 15.9 Å². The molecule has 1 aromatic rings. The molecule has 3 nitrogen and oxygen atoms in total. The number of nitrogens with one attached hydrogen (secondary N) is 1. The topological polar surface area (TPSA) is 36.8 Å². The molecule has 0 saturated carbocycles. The minimum Gasteiger partial charge on any atom is -0.264 e. The third-order valence-electron chi connectivity index (χ3n) is 4.05. The van der Waals surface area contributed by atoms with Crippen LogP contribution in [0, 0.1) is 5.92 Å². The number of allylic oxidation sites excluding steroid dienone is 2. The van der Waals surface area contributed by atoms with E-state index in [2.05, 4.69) is 75.9 Å². The van der Waals surface area contributed by atoms with E-state index in [9.17, 15) is 0 Å². The Labute approximate surface area is 132 Å². The van der Waals surface area contributed by atoms with Gasteiger partial charge < -0.3 is 0 Å². The van der Waals surface area contributed by atoms with Gasteiger partial charge in [0.15, 0.2) is 0 Å². The number of fused-ring (bicyclic) bond motifs is 2. The van der Waals surface area contributed by atoms with Gasteiger partial charge in [-0.25, -0.2) is 0 Å². The normalized spacial score (nSPS) is 26.5. The zero-order valence-corrected chi connectivity index (χ0v) is 13.1. The van der Waals surface area contributed by atoms with Crippen LogP contribution in [-0.2, 0) is 0 Å². The predicted octanol–water partition coefficient (Wildman–Crippen LogP) is 3.66. The number of hydrazone groups is 1. The number of dihydropyridines is 1. The highest BCUT2D eigenvalue weighted by molar-refractivity contribution is 9.11. The van der Waals surface area contributed by atoms with E-state index in [1.165, 1.54) is 16.7 Å². The second kappa shape index (κ2) is 4.81. The molecule has 0 amide bonds. The van der Waals surface area contributed by atoms with Crippen molar-refractivity contribution in [2.24, 2.45) is 16.0 Å². The lowest BCUT2D eigenvalue weighted by Crippen LogP contribution is -2.32. The number of hydrogen-bond acceptors (Lipinski definition) is 3. The lowest BCUT2D eigenvalue weighted by atomic mass is 9.80. The molecule has 1 aromatic carbocycles. The van der Waals surface area contributed by atoms with Crippen molar-refractivity contribution in [3.05, 3.63) is 64.2 Å². The van der Waals surface area contributed by atoms with Crippen molar-refractivity contribution >= 4 is 33.1 Å². The molecule has 0 aromatic heterocycles. The summed E-state index contributed by atoms with van der Waals surface area (Å²) in [5.41, 5.74) is 7.95. The average Bonchev–Trinajstić information content (AvgIpc) is 2.87. The van der Waals surface area contributed by atoms with Gasteiger partial charge in [0.1, 0.15) is 5.84 Å². The van der Waals surface area contributed by atoms with Crippen LogP contribution in [0.3, 0.4) is 0 Å². The van der Waals surface area contributed by atoms with Crippen LogP contribution in [0.1, 0.15) is 12.5 Å². The third kappa shape index (κ3) is 2.02. The van der Waals surface area contributed by atoms with E-state index in [-0.39, 0.29) is 12.0 Å². The molecule has 104 valence electrons. The summed E-state index contributed by atoms with van der Waals surface area (Å²) in [6.45, 7) is 2.06. The monoisotopic (exact) mass is 339 g/mol. The number of aliphatic imine (C=N–C) groups is 1. The Bertz CT molecular complexity index is 753. The third-order valence-corrected chi connectivity index (χ3v) is 4.54. The van der Waals surface area contributed by atoms with Crippen molar-refractivity contribution in [3.63, 3.8) is 0 Å². The number of nitrogens with zero attached hydrogens (tertiary/aromatic N) is 2. The van der Waals surface area contributed by atoms with Gasteiger partial charge in [0.2, 0.25) is 0 Å². The summed E-state index contributed by atoms with van der Waals surface area (Å²) in [5.74, 6) is 1.10. The molecule has 4 heteroatoms. The molecule has 0 unspecified atom stereocenters. The van der Waals surface area contributed by atoms with E-state index >= 15 is 0 Å². The van der Waals surface area contributed by atoms with Crippen LogP contribution in [0.5, 0.6) is 0 Å². The van der Waals surface area contributed by atoms with Gasteiger partial charge in [0, 0.05) is 4.48 Å². The minimum atomic E-state index is 0.0707. The second-order valence-corrected chi connectivity index (χ2v) is 6.30. The number of hydrogen-bond donors (Lipinski definition) is 1. The van der Waals surface area contributed by atoms with E-state index in [1.807, 2.05) is 6.07 Å². The Morgan fingerprint density at radius 2 is 2.00 bits per heavy atom. The summed E-state index contributed by atoms with van der Waals surface area (Å²) in [6, 6.07) is 10.6. The van der Waals surface area contributed by atoms with Crippen LogP contribution in [-0.4, -0.2) is 17.6 Å². The van der Waals surface area contributed by atoms with Gasteiger partial charge in [-0.05, 0) is 35.8 Å². The summed E-state index contributed by atoms with van der Waals surface area (Å²) in [4.78, 5) is 4.81. The number of benzene rings is 1. The van der Waals surface area contributed by atoms with Gasteiger partial charge in [-0.3, -0.25) is 10.4 Å². The van der Waals surface area contributed by atoms with Crippen LogP contribution in [0.15, 0.2) is 68.7 Å². The molecule has 0 fully saturated rings. The maximum absolute atomic E-state index is 4.81. The molecular weight excluding hydrogens is 326 g/mol. The maximum atomic E-state index is 4.81. The highest BCUT2D eigenvalue weighted by Crippen LogP contribution is 2.39. The zero-order valence-electron chi connectivity index (χ0n) is 11.5. The fraction of sp³-hybridized carbons (Fsp3) is 0.176. The molecule has 2 atom stereocenters. The minimum absolute atomic E-state index is 0.0707. The highest BCUT2D eigenvalue weighted by Gasteiger charge is 2.37. The largest absolute Gasteiger partial charge is 0.264 e. The zero-order chi connectivity index (χ0) is 14.4. The Balaban J connectivity index is 1.96. The maximum Gasteiger partial charge on any atom is 0.131 e. The predicted molar refractivity (Wildman–Crippen MR) is 90.5 cm³/mol. The molecular formula is C17H14BrN3. The summed E-state index contributed by atoms with van der Waals surface area (Å²) in [7, 11) is 0. The van der Waals surface area contributed by atoms with Crippen LogP contribution < -0.4 is 5.43 Å². The molecule has 2 heterocycles. The Hall–Kier alpha value is -1.94. The first-order valence-corrected chi connectivity index (χ1v) is 7.76. The van der Waals surface area contributed by atoms with E-state index in [0.717, 1.165) is 16.0 Å². The Morgan fingerprint density at radius 1 is 1.19 bits per heavy atom. The van der Waals surface area contributed by atoms with Crippen LogP contribution in [0.25, 0.3) is 5.57 Å². The average molecular weight is 340 g/mol. The second-order valence-electron chi connectivity index (χ2n) is 5.38. The first-order valence-electron chi connectivity index (χ1n) is 6.97. The molecule has 0 saturated heterocycles. The quantitative estimate of drug-likeness (QED) is 0.832. The summed E-state index contributed by atoms with van der Waals surface area (Å²) < 4.78 is 1.08. The van der Waals surface area contributed by atoms with Crippen molar-refractivity contribution < 1.29 is 0 Å². The number of rotatable bonds is 1. The molecule has 1 N–H and O–H groups in total. The standard InChI is InChI=1S/C17H14BrN3/c1-10-15-16(11-5-3-2-4-6-11)13-9-12(18)7-8-14(13)19-17(15)21-20-10/h2-9,14-15H,1H3,(H,19,21)/t14-,15+/m1/s1. The Kier molecular flexibility index (Phi) is 2.93. The van der Waals surface area contributed by atoms with Crippen LogP contribution in [0.4, 0.5) is 0 Å². The fourth-order valence-electron chi connectivity index (χ4n) is 3.11. The van der Waals surface area contributed by atoms with Crippen molar-refractivity contribution in [1.82, 2.24) is 5.43 Å². The molecule has 1 aliphatic carbocycles. The first kappa shape index (κ1) is 12.8.